The molecule has 1 amide bonds. The van der Waals surface area contributed by atoms with Crippen molar-refractivity contribution in [3.05, 3.63) is 58.8 Å². The van der Waals surface area contributed by atoms with Gasteiger partial charge in [0.15, 0.2) is 0 Å². The van der Waals surface area contributed by atoms with Crippen LogP contribution in [-0.4, -0.2) is 35.2 Å². The zero-order chi connectivity index (χ0) is 24.9. The van der Waals surface area contributed by atoms with Crippen LogP contribution in [0.3, 0.4) is 0 Å². The predicted octanol–water partition coefficient (Wildman–Crippen LogP) is 5.68. The fourth-order valence-corrected chi connectivity index (χ4v) is 6.13. The Kier molecular flexibility index (Phi) is 6.02. The van der Waals surface area contributed by atoms with Gasteiger partial charge in [0.25, 0.3) is 5.91 Å². The van der Waals surface area contributed by atoms with E-state index in [0.717, 1.165) is 47.7 Å². The lowest BCUT2D eigenvalue weighted by Crippen LogP contribution is -2.40. The summed E-state index contributed by atoms with van der Waals surface area (Å²) < 4.78 is 7.86. The summed E-state index contributed by atoms with van der Waals surface area (Å²) >= 11 is 0. The molecule has 186 valence electrons. The first kappa shape index (κ1) is 23.7. The number of benzene rings is 1. The lowest BCUT2D eigenvalue weighted by Gasteiger charge is -2.36. The van der Waals surface area contributed by atoms with Crippen molar-refractivity contribution in [2.45, 2.75) is 65.8 Å². The van der Waals surface area contributed by atoms with Gasteiger partial charge in [-0.1, -0.05) is 52.8 Å². The monoisotopic (exact) mass is 474 g/mol. The number of anilines is 1. The average molecular weight is 475 g/mol. The number of fused-ring (bicyclic) bond motifs is 2. The maximum absolute atomic E-state index is 13.7. The smallest absolute Gasteiger partial charge is 0.253 e. The van der Waals surface area contributed by atoms with E-state index in [4.69, 9.17) is 9.84 Å². The summed E-state index contributed by atoms with van der Waals surface area (Å²) in [6.07, 6.45) is 3.79. The van der Waals surface area contributed by atoms with Gasteiger partial charge in [0, 0.05) is 25.1 Å². The van der Waals surface area contributed by atoms with Gasteiger partial charge in [-0.05, 0) is 53.9 Å². The first-order valence-corrected chi connectivity index (χ1v) is 12.9. The number of hydrogen-bond acceptors (Lipinski definition) is 4. The molecule has 0 spiro atoms. The number of carbonyl (C=O) groups is 1. The molecule has 6 heteroatoms. The van der Waals surface area contributed by atoms with Gasteiger partial charge in [0.1, 0.15) is 11.6 Å². The van der Waals surface area contributed by atoms with E-state index in [0.29, 0.717) is 24.0 Å². The van der Waals surface area contributed by atoms with Crippen molar-refractivity contribution < 1.29 is 9.53 Å². The van der Waals surface area contributed by atoms with E-state index >= 15 is 0 Å². The van der Waals surface area contributed by atoms with Crippen LogP contribution in [0, 0.1) is 18.8 Å². The molecule has 1 N–H and O–H groups in total. The third kappa shape index (κ3) is 4.39. The normalized spacial score (nSPS) is 22.6. The van der Waals surface area contributed by atoms with E-state index in [2.05, 4.69) is 62.3 Å². The van der Waals surface area contributed by atoms with Crippen LogP contribution in [0.1, 0.15) is 80.6 Å². The van der Waals surface area contributed by atoms with Gasteiger partial charge < -0.3 is 15.0 Å². The Morgan fingerprint density at radius 1 is 1.14 bits per heavy atom. The molecule has 0 radical (unpaired) electrons. The molecule has 2 aliphatic rings. The van der Waals surface area contributed by atoms with Crippen LogP contribution in [0.2, 0.25) is 0 Å². The molecule has 5 rings (SSSR count). The molecular formula is C29H38N4O2. The number of hydrogen-bond donors (Lipinski definition) is 1. The third-order valence-electron chi connectivity index (χ3n) is 7.39. The highest BCUT2D eigenvalue weighted by Crippen LogP contribution is 2.37. The Morgan fingerprint density at radius 2 is 1.86 bits per heavy atom. The van der Waals surface area contributed by atoms with Gasteiger partial charge in [-0.2, -0.15) is 5.10 Å². The highest BCUT2D eigenvalue weighted by atomic mass is 16.5. The van der Waals surface area contributed by atoms with Gasteiger partial charge in [-0.25, -0.2) is 4.52 Å². The van der Waals surface area contributed by atoms with E-state index in [1.165, 1.54) is 12.0 Å². The van der Waals surface area contributed by atoms with Crippen LogP contribution in [0.5, 0.6) is 5.75 Å². The quantitative estimate of drug-likeness (QED) is 0.531. The Balaban J connectivity index is 1.55. The number of aryl methyl sites for hydroxylation is 1. The molecule has 1 aromatic carbocycles. The molecule has 1 saturated heterocycles. The summed E-state index contributed by atoms with van der Waals surface area (Å²) in [6.45, 7) is 16.0. The average Bonchev–Trinajstić information content (AvgIpc) is 3.12. The highest BCUT2D eigenvalue weighted by Gasteiger charge is 2.31. The van der Waals surface area contributed by atoms with Crippen LogP contribution in [0.25, 0.3) is 5.52 Å². The van der Waals surface area contributed by atoms with Gasteiger partial charge in [0.05, 0.1) is 29.9 Å². The van der Waals surface area contributed by atoms with Crippen molar-refractivity contribution in [2.24, 2.45) is 11.8 Å². The van der Waals surface area contributed by atoms with Crippen molar-refractivity contribution >= 4 is 17.2 Å². The van der Waals surface area contributed by atoms with Crippen molar-refractivity contribution in [1.29, 1.82) is 0 Å². The van der Waals surface area contributed by atoms with Crippen LogP contribution < -0.4 is 15.0 Å². The number of piperidine rings is 1. The highest BCUT2D eigenvalue weighted by molar-refractivity contribution is 5.98. The van der Waals surface area contributed by atoms with Gasteiger partial charge in [-0.15, -0.1) is 0 Å². The summed E-state index contributed by atoms with van der Waals surface area (Å²) in [5.41, 5.74) is 4.73. The third-order valence-corrected chi connectivity index (χ3v) is 7.39. The van der Waals surface area contributed by atoms with Crippen molar-refractivity contribution in [2.75, 3.05) is 24.6 Å². The van der Waals surface area contributed by atoms with Gasteiger partial charge >= 0.3 is 0 Å². The van der Waals surface area contributed by atoms with E-state index in [-0.39, 0.29) is 17.4 Å². The summed E-state index contributed by atoms with van der Waals surface area (Å²) in [6, 6.07) is 10.1. The number of amides is 1. The molecule has 0 aliphatic carbocycles. The maximum atomic E-state index is 13.7. The van der Waals surface area contributed by atoms with Crippen LogP contribution in [-0.2, 0) is 5.41 Å². The van der Waals surface area contributed by atoms with Gasteiger partial charge in [0.2, 0.25) is 0 Å². The Hall–Kier alpha value is -3.02. The fraction of sp³-hybridized carbons (Fsp3) is 0.517. The largest absolute Gasteiger partial charge is 0.493 e. The number of nitrogens with zero attached hydrogens (tertiary/aromatic N) is 3. The molecule has 0 bridgehead atoms. The fourth-order valence-electron chi connectivity index (χ4n) is 6.13. The molecule has 1 fully saturated rings. The number of aromatic nitrogens is 2. The minimum absolute atomic E-state index is 0.0723. The van der Waals surface area contributed by atoms with Crippen molar-refractivity contribution in [3.8, 4) is 5.75 Å². The van der Waals surface area contributed by atoms with E-state index in [1.54, 1.807) is 6.20 Å². The number of carbonyl (C=O) groups excluding carboxylic acids is 1. The summed E-state index contributed by atoms with van der Waals surface area (Å²) in [7, 11) is 0. The number of nitrogens with one attached hydrogen (secondary N) is 1. The minimum atomic E-state index is -0.227. The van der Waals surface area contributed by atoms with Crippen molar-refractivity contribution in [3.63, 3.8) is 0 Å². The molecule has 4 heterocycles. The van der Waals surface area contributed by atoms with E-state index < -0.39 is 0 Å². The molecule has 3 atom stereocenters. The van der Waals surface area contributed by atoms with Crippen LogP contribution >= 0.6 is 0 Å². The van der Waals surface area contributed by atoms with Crippen molar-refractivity contribution in [1.82, 2.24) is 14.9 Å². The molecule has 2 aromatic heterocycles. The minimum Gasteiger partial charge on any atom is -0.493 e. The van der Waals surface area contributed by atoms with Crippen LogP contribution in [0.15, 0.2) is 36.5 Å². The van der Waals surface area contributed by atoms with Gasteiger partial charge in [-0.3, -0.25) is 4.79 Å². The first-order chi connectivity index (χ1) is 16.6. The summed E-state index contributed by atoms with van der Waals surface area (Å²) in [5, 5.41) is 8.14. The second-order valence-corrected chi connectivity index (χ2v) is 11.7. The first-order valence-electron chi connectivity index (χ1n) is 12.9. The lowest BCUT2D eigenvalue weighted by molar-refractivity contribution is 0.0922. The molecule has 0 saturated carbocycles. The SMILES string of the molecule is Cc1cc2c(C(C)(C)C)c(C(=O)N[C@H]3CCOc4ccccc43)cnn2c1N1C[C@H](C)C[C@H](C)C1. The summed E-state index contributed by atoms with van der Waals surface area (Å²) in [5.74, 6) is 3.24. The van der Waals surface area contributed by atoms with E-state index in [9.17, 15) is 4.79 Å². The second kappa shape index (κ2) is 8.89. The molecule has 0 unspecified atom stereocenters. The van der Waals surface area contributed by atoms with E-state index in [1.807, 2.05) is 24.3 Å². The lowest BCUT2D eigenvalue weighted by atomic mass is 9.83. The standard InChI is InChI=1S/C29H38N4O2/c1-18-13-19(2)17-32(16-18)28-20(3)14-24-26(29(4,5)6)22(15-30-33(24)28)27(34)31-23-11-12-35-25-10-8-7-9-21(23)25/h7-10,14-15,18-19,23H,11-13,16-17H2,1-6H3,(H,31,34)/t18-,19+,23-/m0/s1. The van der Waals surface area contributed by atoms with Crippen LogP contribution in [0.4, 0.5) is 5.82 Å². The number of ether oxygens (including phenoxy) is 1. The second-order valence-electron chi connectivity index (χ2n) is 11.7. The predicted molar refractivity (Wildman–Crippen MR) is 141 cm³/mol. The molecular weight excluding hydrogens is 436 g/mol. The molecule has 2 aliphatic heterocycles. The number of rotatable bonds is 3. The maximum Gasteiger partial charge on any atom is 0.253 e. The summed E-state index contributed by atoms with van der Waals surface area (Å²) in [4.78, 5) is 16.2. The Bertz CT molecular complexity index is 1250. The zero-order valence-electron chi connectivity index (χ0n) is 21.9. The molecule has 6 nitrogen and oxygen atoms in total. The zero-order valence-corrected chi connectivity index (χ0v) is 21.9. The number of para-hydroxylation sites is 1. The Labute approximate surface area is 208 Å². The molecule has 35 heavy (non-hydrogen) atoms. The Morgan fingerprint density at radius 3 is 2.57 bits per heavy atom. The topological polar surface area (TPSA) is 58.9 Å². The molecule has 3 aromatic rings.